The number of hydrogen-bond donors (Lipinski definition) is 1. The highest BCUT2D eigenvalue weighted by Crippen LogP contribution is 2.34. The summed E-state index contributed by atoms with van der Waals surface area (Å²) < 4.78 is 11.3. The summed E-state index contributed by atoms with van der Waals surface area (Å²) in [5.74, 6) is 0.350. The number of rotatable bonds is 7. The number of nitrogens with two attached hydrogens (primary N) is 1. The summed E-state index contributed by atoms with van der Waals surface area (Å²) in [5, 5.41) is 0.590. The van der Waals surface area contributed by atoms with E-state index in [1.54, 1.807) is 12.1 Å². The Kier molecular flexibility index (Phi) is 7.15. The molecular formula is C20H28ClN3O4. The molecule has 1 atom stereocenters. The minimum atomic E-state index is -0.479. The van der Waals surface area contributed by atoms with E-state index in [9.17, 15) is 9.59 Å². The Bertz CT molecular complexity index is 696. The van der Waals surface area contributed by atoms with Crippen LogP contribution >= 0.6 is 11.6 Å². The molecule has 154 valence electrons. The smallest absolute Gasteiger partial charge is 0.236 e. The molecule has 7 nitrogen and oxygen atoms in total. The van der Waals surface area contributed by atoms with Gasteiger partial charge in [0.05, 0.1) is 26.4 Å². The summed E-state index contributed by atoms with van der Waals surface area (Å²) >= 11 is 6.02. The molecule has 2 saturated heterocycles. The number of ether oxygens (including phenoxy) is 2. The van der Waals surface area contributed by atoms with Crippen molar-refractivity contribution in [3.05, 3.63) is 29.3 Å². The Hall–Kier alpha value is -1.83. The quantitative estimate of drug-likeness (QED) is 0.738. The van der Waals surface area contributed by atoms with Crippen molar-refractivity contribution in [2.45, 2.75) is 19.3 Å². The minimum Gasteiger partial charge on any atom is -0.493 e. The van der Waals surface area contributed by atoms with Crippen LogP contribution in [0.3, 0.4) is 0 Å². The Morgan fingerprint density at radius 2 is 2.04 bits per heavy atom. The number of hydrogen-bond acceptors (Lipinski definition) is 5. The molecule has 3 rings (SSSR count). The van der Waals surface area contributed by atoms with Gasteiger partial charge in [-0.2, -0.15) is 0 Å². The number of carbonyl (C=O) groups excluding carboxylic acids is 2. The highest BCUT2D eigenvalue weighted by Gasteiger charge is 2.39. The molecule has 2 fully saturated rings. The van der Waals surface area contributed by atoms with Crippen LogP contribution in [-0.4, -0.2) is 74.2 Å². The maximum atomic E-state index is 12.8. The monoisotopic (exact) mass is 409 g/mol. The molecular weight excluding hydrogens is 382 g/mol. The van der Waals surface area contributed by atoms with Gasteiger partial charge < -0.3 is 20.1 Å². The zero-order chi connectivity index (χ0) is 20.0. The molecule has 2 heterocycles. The molecule has 2 aliphatic heterocycles. The van der Waals surface area contributed by atoms with E-state index < -0.39 is 5.41 Å². The molecule has 0 radical (unpaired) electrons. The van der Waals surface area contributed by atoms with Crippen LogP contribution in [0.1, 0.15) is 19.3 Å². The summed E-state index contributed by atoms with van der Waals surface area (Å²) in [5.41, 5.74) is 5.05. The van der Waals surface area contributed by atoms with Crippen LogP contribution in [0.2, 0.25) is 5.02 Å². The summed E-state index contributed by atoms with van der Waals surface area (Å²) in [6.07, 6.45) is 1.80. The van der Waals surface area contributed by atoms with Gasteiger partial charge in [0, 0.05) is 43.0 Å². The number of primary amides is 1. The number of nitrogens with zero attached hydrogens (tertiary/aromatic N) is 2. The second kappa shape index (κ2) is 9.58. The molecule has 8 heteroatoms. The van der Waals surface area contributed by atoms with Crippen molar-refractivity contribution in [1.29, 1.82) is 0 Å². The van der Waals surface area contributed by atoms with Crippen LogP contribution in [0.15, 0.2) is 24.3 Å². The lowest BCUT2D eigenvalue weighted by Crippen LogP contribution is -2.53. The lowest BCUT2D eigenvalue weighted by atomic mass is 9.77. The van der Waals surface area contributed by atoms with Gasteiger partial charge in [-0.3, -0.25) is 14.5 Å². The molecule has 0 aliphatic carbocycles. The molecule has 1 unspecified atom stereocenters. The van der Waals surface area contributed by atoms with E-state index in [1.807, 2.05) is 17.0 Å². The van der Waals surface area contributed by atoms with E-state index in [2.05, 4.69) is 4.90 Å². The van der Waals surface area contributed by atoms with Crippen molar-refractivity contribution >= 4 is 23.4 Å². The summed E-state index contributed by atoms with van der Waals surface area (Å²) in [6.45, 7) is 4.72. The van der Waals surface area contributed by atoms with Crippen molar-refractivity contribution in [3.8, 4) is 5.75 Å². The molecule has 0 spiro atoms. The second-order valence-electron chi connectivity index (χ2n) is 7.70. The fraction of sp³-hybridized carbons (Fsp3) is 0.600. The van der Waals surface area contributed by atoms with E-state index in [4.69, 9.17) is 26.8 Å². The van der Waals surface area contributed by atoms with Crippen molar-refractivity contribution < 1.29 is 19.1 Å². The average molecular weight is 410 g/mol. The third kappa shape index (κ3) is 5.83. The van der Waals surface area contributed by atoms with Gasteiger partial charge >= 0.3 is 0 Å². The van der Waals surface area contributed by atoms with Gasteiger partial charge in [-0.1, -0.05) is 17.7 Å². The lowest BCUT2D eigenvalue weighted by molar-refractivity contribution is -0.139. The molecule has 2 aliphatic rings. The van der Waals surface area contributed by atoms with Crippen molar-refractivity contribution in [1.82, 2.24) is 9.80 Å². The highest BCUT2D eigenvalue weighted by atomic mass is 35.5. The number of benzene rings is 1. The lowest BCUT2D eigenvalue weighted by Gasteiger charge is -2.42. The largest absolute Gasteiger partial charge is 0.493 e. The fourth-order valence-electron chi connectivity index (χ4n) is 3.95. The maximum absolute atomic E-state index is 12.8. The van der Waals surface area contributed by atoms with E-state index in [-0.39, 0.29) is 18.2 Å². The van der Waals surface area contributed by atoms with Gasteiger partial charge in [0.15, 0.2) is 0 Å². The predicted molar refractivity (Wildman–Crippen MR) is 106 cm³/mol. The molecule has 1 aromatic carbocycles. The first-order chi connectivity index (χ1) is 13.5. The van der Waals surface area contributed by atoms with Crippen LogP contribution in [0.25, 0.3) is 0 Å². The highest BCUT2D eigenvalue weighted by molar-refractivity contribution is 6.30. The second-order valence-corrected chi connectivity index (χ2v) is 8.13. The van der Waals surface area contributed by atoms with Crippen molar-refractivity contribution in [2.75, 3.05) is 52.5 Å². The number of carbonyl (C=O) groups is 2. The number of likely N-dealkylation sites (tertiary alicyclic amines) is 1. The van der Waals surface area contributed by atoms with Crippen molar-refractivity contribution in [3.63, 3.8) is 0 Å². The van der Waals surface area contributed by atoms with Crippen LogP contribution < -0.4 is 10.5 Å². The third-order valence-corrected chi connectivity index (χ3v) is 5.60. The zero-order valence-electron chi connectivity index (χ0n) is 16.1. The van der Waals surface area contributed by atoms with Crippen LogP contribution in [0, 0.1) is 5.41 Å². The molecule has 2 N–H and O–H groups in total. The molecule has 0 saturated carbocycles. The van der Waals surface area contributed by atoms with Gasteiger partial charge in [-0.15, -0.1) is 0 Å². The number of amides is 2. The number of morpholine rings is 1. The number of halogens is 1. The molecule has 28 heavy (non-hydrogen) atoms. The molecule has 1 aromatic rings. The number of piperidine rings is 1. The standard InChI is InChI=1S/C20H28ClN3O4/c21-16-3-1-4-17(11-16)28-15-20(12-18(22)25)5-2-6-24(14-20)19(26)13-23-7-9-27-10-8-23/h1,3-4,11H,2,5-10,12-15H2,(H2,22,25). The Labute approximate surface area is 170 Å². The van der Waals surface area contributed by atoms with E-state index in [0.717, 1.165) is 25.9 Å². The van der Waals surface area contributed by atoms with Gasteiger partial charge in [-0.05, 0) is 31.0 Å². The SMILES string of the molecule is NC(=O)CC1(COc2cccc(Cl)c2)CCCN(C(=O)CN2CCOCC2)C1. The fourth-order valence-corrected chi connectivity index (χ4v) is 4.13. The van der Waals surface area contributed by atoms with Gasteiger partial charge in [0.2, 0.25) is 11.8 Å². The first kappa shape index (κ1) is 20.9. The van der Waals surface area contributed by atoms with E-state index >= 15 is 0 Å². The van der Waals surface area contributed by atoms with E-state index in [1.165, 1.54) is 0 Å². The Morgan fingerprint density at radius 1 is 1.25 bits per heavy atom. The zero-order valence-corrected chi connectivity index (χ0v) is 16.8. The van der Waals surface area contributed by atoms with Gasteiger partial charge in [-0.25, -0.2) is 0 Å². The van der Waals surface area contributed by atoms with Crippen molar-refractivity contribution in [2.24, 2.45) is 11.1 Å². The summed E-state index contributed by atoms with van der Waals surface area (Å²) in [7, 11) is 0. The van der Waals surface area contributed by atoms with Crippen LogP contribution in [0.5, 0.6) is 5.75 Å². The minimum absolute atomic E-state index is 0.0817. The average Bonchev–Trinajstić information content (AvgIpc) is 2.67. The summed E-state index contributed by atoms with van der Waals surface area (Å²) in [4.78, 5) is 28.5. The predicted octanol–water partition coefficient (Wildman–Crippen LogP) is 1.54. The van der Waals surface area contributed by atoms with Gasteiger partial charge in [0.1, 0.15) is 5.75 Å². The van der Waals surface area contributed by atoms with Crippen LogP contribution in [-0.2, 0) is 14.3 Å². The Morgan fingerprint density at radius 3 is 2.75 bits per heavy atom. The third-order valence-electron chi connectivity index (χ3n) is 5.37. The first-order valence-corrected chi connectivity index (χ1v) is 10.1. The Balaban J connectivity index is 1.65. The summed E-state index contributed by atoms with van der Waals surface area (Å²) in [6, 6.07) is 7.16. The van der Waals surface area contributed by atoms with Gasteiger partial charge in [0.25, 0.3) is 0 Å². The topological polar surface area (TPSA) is 85.1 Å². The maximum Gasteiger partial charge on any atom is 0.236 e. The van der Waals surface area contributed by atoms with E-state index in [0.29, 0.717) is 50.2 Å². The molecule has 0 aromatic heterocycles. The molecule has 0 bridgehead atoms. The first-order valence-electron chi connectivity index (χ1n) is 9.70. The molecule has 2 amide bonds. The normalized spacial score (nSPS) is 23.4. The van der Waals surface area contributed by atoms with Crippen LogP contribution in [0.4, 0.5) is 0 Å².